The van der Waals surface area contributed by atoms with Crippen molar-refractivity contribution in [2.75, 3.05) is 0 Å². The topological polar surface area (TPSA) is 108 Å². The Morgan fingerprint density at radius 1 is 0.356 bits per heavy atom. The average molecular weight is 754 g/mol. The molecule has 0 aliphatic carbocycles. The first kappa shape index (κ1) is 32.7. The molecule has 272 valence electrons. The SMILES string of the molecule is Cc1ccc2c3ccc(C#N)cc3n(-c3ccc4oc5ccc(-c6ccc7oc8ccc(-n9c%10cc(C#N)ccc%10c%10ccc(C#N)cc%109)cc8c7c6)cc5c4c3)c2c1. The van der Waals surface area contributed by atoms with Crippen LogP contribution in [-0.2, 0) is 0 Å². The minimum Gasteiger partial charge on any atom is -0.456 e. The van der Waals surface area contributed by atoms with Gasteiger partial charge in [0.15, 0.2) is 0 Å². The van der Waals surface area contributed by atoms with Crippen LogP contribution in [0.2, 0.25) is 0 Å². The summed E-state index contributed by atoms with van der Waals surface area (Å²) in [5.41, 5.74) is 13.9. The Kier molecular flexibility index (Phi) is 6.62. The number of benzene rings is 8. The minimum absolute atomic E-state index is 0.566. The molecule has 4 aromatic heterocycles. The third-order valence-electron chi connectivity index (χ3n) is 11.8. The molecule has 0 saturated heterocycles. The van der Waals surface area contributed by atoms with Crippen LogP contribution >= 0.6 is 0 Å². The van der Waals surface area contributed by atoms with E-state index in [1.165, 1.54) is 0 Å². The summed E-state index contributed by atoms with van der Waals surface area (Å²) >= 11 is 0. The minimum atomic E-state index is 0.566. The number of aromatic nitrogens is 2. The number of nitrogens with zero attached hydrogens (tertiary/aromatic N) is 5. The third-order valence-corrected chi connectivity index (χ3v) is 11.8. The molecular weight excluding hydrogens is 727 g/mol. The van der Waals surface area contributed by atoms with Gasteiger partial charge in [-0.1, -0.05) is 42.5 Å². The molecule has 7 heteroatoms. The summed E-state index contributed by atoms with van der Waals surface area (Å²) in [6, 6.07) is 55.8. The van der Waals surface area contributed by atoms with Crippen molar-refractivity contribution in [2.45, 2.75) is 6.92 Å². The van der Waals surface area contributed by atoms with E-state index >= 15 is 0 Å². The van der Waals surface area contributed by atoms with Crippen molar-refractivity contribution in [1.82, 2.24) is 9.13 Å². The Bertz CT molecular complexity index is 3890. The van der Waals surface area contributed by atoms with E-state index in [-0.39, 0.29) is 0 Å². The normalized spacial score (nSPS) is 11.8. The van der Waals surface area contributed by atoms with Crippen molar-refractivity contribution in [3.05, 3.63) is 168 Å². The van der Waals surface area contributed by atoms with Crippen molar-refractivity contribution < 1.29 is 8.83 Å². The molecule has 0 fully saturated rings. The van der Waals surface area contributed by atoms with Crippen molar-refractivity contribution >= 4 is 87.5 Å². The maximum Gasteiger partial charge on any atom is 0.135 e. The summed E-state index contributed by atoms with van der Waals surface area (Å²) in [5.74, 6) is 0. The Morgan fingerprint density at radius 3 is 1.12 bits per heavy atom. The van der Waals surface area contributed by atoms with E-state index in [0.29, 0.717) is 16.7 Å². The van der Waals surface area contributed by atoms with Crippen LogP contribution in [-0.4, -0.2) is 9.13 Å². The second-order valence-electron chi connectivity index (χ2n) is 15.2. The van der Waals surface area contributed by atoms with Gasteiger partial charge in [0, 0.05) is 54.5 Å². The first-order valence-corrected chi connectivity index (χ1v) is 19.2. The van der Waals surface area contributed by atoms with Gasteiger partial charge in [0.25, 0.3) is 0 Å². The summed E-state index contributed by atoms with van der Waals surface area (Å²) < 4.78 is 17.2. The van der Waals surface area contributed by atoms with Gasteiger partial charge in [-0.05, 0) is 127 Å². The van der Waals surface area contributed by atoms with Gasteiger partial charge in [-0.25, -0.2) is 0 Å². The molecule has 7 nitrogen and oxygen atoms in total. The molecule has 12 rings (SSSR count). The molecule has 0 bridgehead atoms. The molecule has 0 N–H and O–H groups in total. The number of hydrogen-bond donors (Lipinski definition) is 0. The zero-order chi connectivity index (χ0) is 39.5. The lowest BCUT2D eigenvalue weighted by molar-refractivity contribution is 0.668. The highest BCUT2D eigenvalue weighted by Crippen LogP contribution is 2.40. The molecule has 0 unspecified atom stereocenters. The monoisotopic (exact) mass is 753 g/mol. The van der Waals surface area contributed by atoms with E-state index in [0.717, 1.165) is 116 Å². The fourth-order valence-corrected chi connectivity index (χ4v) is 9.08. The summed E-state index contributed by atoms with van der Waals surface area (Å²) in [6.45, 7) is 2.10. The quantitative estimate of drug-likeness (QED) is 0.178. The van der Waals surface area contributed by atoms with Crippen molar-refractivity contribution in [3.8, 4) is 40.7 Å². The van der Waals surface area contributed by atoms with Crippen molar-refractivity contribution in [2.24, 2.45) is 0 Å². The Labute approximate surface area is 335 Å². The molecule has 0 amide bonds. The van der Waals surface area contributed by atoms with Crippen LogP contribution in [0.4, 0.5) is 0 Å². The molecule has 0 aliphatic heterocycles. The molecule has 59 heavy (non-hydrogen) atoms. The lowest BCUT2D eigenvalue weighted by Gasteiger charge is -2.09. The summed E-state index contributed by atoms with van der Waals surface area (Å²) in [4.78, 5) is 0. The number of fused-ring (bicyclic) bond motifs is 12. The van der Waals surface area contributed by atoms with Gasteiger partial charge in [-0.15, -0.1) is 0 Å². The van der Waals surface area contributed by atoms with Gasteiger partial charge >= 0.3 is 0 Å². The first-order chi connectivity index (χ1) is 29.0. The van der Waals surface area contributed by atoms with Crippen LogP contribution in [0.25, 0.3) is 110 Å². The third kappa shape index (κ3) is 4.72. The zero-order valence-corrected chi connectivity index (χ0v) is 31.4. The number of rotatable bonds is 3. The van der Waals surface area contributed by atoms with Gasteiger partial charge in [0.1, 0.15) is 22.3 Å². The van der Waals surface area contributed by atoms with E-state index < -0.39 is 0 Å². The van der Waals surface area contributed by atoms with Gasteiger partial charge in [-0.2, -0.15) is 15.8 Å². The summed E-state index contributed by atoms with van der Waals surface area (Å²) in [5, 5.41) is 37.6. The van der Waals surface area contributed by atoms with Crippen LogP contribution in [0, 0.1) is 40.9 Å². The maximum absolute atomic E-state index is 9.79. The Hall–Kier alpha value is -8.57. The molecule has 4 heterocycles. The molecule has 0 radical (unpaired) electrons. The van der Waals surface area contributed by atoms with Gasteiger partial charge < -0.3 is 18.0 Å². The van der Waals surface area contributed by atoms with Crippen molar-refractivity contribution in [1.29, 1.82) is 15.8 Å². The van der Waals surface area contributed by atoms with E-state index in [1.54, 1.807) is 0 Å². The number of furan rings is 2. The molecule has 0 atom stereocenters. The molecule has 0 aliphatic rings. The molecule has 12 aromatic rings. The van der Waals surface area contributed by atoms with Crippen LogP contribution < -0.4 is 0 Å². The van der Waals surface area contributed by atoms with Crippen LogP contribution in [0.1, 0.15) is 22.3 Å². The fraction of sp³-hybridized carbons (Fsp3) is 0.0192. The second-order valence-corrected chi connectivity index (χ2v) is 15.2. The highest BCUT2D eigenvalue weighted by atomic mass is 16.3. The zero-order valence-electron chi connectivity index (χ0n) is 31.4. The second kappa shape index (κ2) is 12.0. The highest BCUT2D eigenvalue weighted by molar-refractivity contribution is 6.13. The van der Waals surface area contributed by atoms with E-state index in [1.807, 2.05) is 84.9 Å². The standard InChI is InChI=1S/C52H27N5O2/c1-29-2-10-37-38-11-3-30(26-53)19-46(38)56(45(37)18-29)35-8-16-51-43(24-35)41-22-33(6-14-49(41)58-51)34-7-15-50-42(23-34)44-25-36(9-17-52(44)59-50)57-47-20-31(27-54)4-12-39(47)40-13-5-32(28-55)21-48(40)57/h2-25H,1H3. The lowest BCUT2D eigenvalue weighted by atomic mass is 10.0. The first-order valence-electron chi connectivity index (χ1n) is 19.2. The Morgan fingerprint density at radius 2 is 0.712 bits per heavy atom. The molecule has 8 aromatic carbocycles. The molecular formula is C52H27N5O2. The summed E-state index contributed by atoms with van der Waals surface area (Å²) in [7, 11) is 0. The maximum atomic E-state index is 9.79. The lowest BCUT2D eigenvalue weighted by Crippen LogP contribution is -1.94. The molecule has 0 saturated carbocycles. The smallest absolute Gasteiger partial charge is 0.135 e. The Balaban J connectivity index is 1.02. The van der Waals surface area contributed by atoms with Crippen LogP contribution in [0.3, 0.4) is 0 Å². The van der Waals surface area contributed by atoms with Crippen LogP contribution in [0.5, 0.6) is 0 Å². The van der Waals surface area contributed by atoms with Gasteiger partial charge in [0.2, 0.25) is 0 Å². The highest BCUT2D eigenvalue weighted by Gasteiger charge is 2.19. The number of aryl methyl sites for hydroxylation is 1. The van der Waals surface area contributed by atoms with Gasteiger partial charge in [0.05, 0.1) is 57.0 Å². The fourth-order valence-electron chi connectivity index (χ4n) is 9.08. The molecule has 0 spiro atoms. The van der Waals surface area contributed by atoms with Crippen LogP contribution in [0.15, 0.2) is 154 Å². The predicted octanol–water partition coefficient (Wildman–Crippen LogP) is 13.3. The average Bonchev–Trinajstić information content (AvgIpc) is 4.01. The van der Waals surface area contributed by atoms with Gasteiger partial charge in [-0.3, -0.25) is 0 Å². The summed E-state index contributed by atoms with van der Waals surface area (Å²) in [6.07, 6.45) is 0. The van der Waals surface area contributed by atoms with E-state index in [2.05, 4.69) is 94.9 Å². The predicted molar refractivity (Wildman–Crippen MR) is 234 cm³/mol. The van der Waals surface area contributed by atoms with E-state index in [4.69, 9.17) is 8.83 Å². The van der Waals surface area contributed by atoms with E-state index in [9.17, 15) is 15.8 Å². The largest absolute Gasteiger partial charge is 0.456 e. The van der Waals surface area contributed by atoms with Crippen molar-refractivity contribution in [3.63, 3.8) is 0 Å². The number of nitriles is 3. The number of hydrogen-bond acceptors (Lipinski definition) is 5.